The van der Waals surface area contributed by atoms with Crippen LogP contribution in [0.2, 0.25) is 0 Å². The first-order chi connectivity index (χ1) is 9.46. The molecule has 20 heavy (non-hydrogen) atoms. The lowest BCUT2D eigenvalue weighted by molar-refractivity contribution is 0.566. The number of hydrogen-bond donors (Lipinski definition) is 1. The van der Waals surface area contributed by atoms with Gasteiger partial charge in [-0.3, -0.25) is 0 Å². The summed E-state index contributed by atoms with van der Waals surface area (Å²) < 4.78 is 27.1. The van der Waals surface area contributed by atoms with Crippen molar-refractivity contribution in [1.82, 2.24) is 4.72 Å². The fourth-order valence-electron chi connectivity index (χ4n) is 2.14. The Kier molecular flexibility index (Phi) is 4.57. The maximum atomic E-state index is 12.2. The largest absolute Gasteiger partial charge is 0.216 e. The van der Waals surface area contributed by atoms with Crippen molar-refractivity contribution >= 4 is 10.0 Å². The van der Waals surface area contributed by atoms with Gasteiger partial charge in [-0.05, 0) is 25.0 Å². The van der Waals surface area contributed by atoms with Gasteiger partial charge in [0.1, 0.15) is 0 Å². The summed E-state index contributed by atoms with van der Waals surface area (Å²) >= 11 is 0. The summed E-state index contributed by atoms with van der Waals surface area (Å²) in [7, 11) is -3.35. The van der Waals surface area contributed by atoms with Crippen LogP contribution in [0.1, 0.15) is 29.7 Å². The molecule has 0 aromatic heterocycles. The normalized spacial score (nSPS) is 13.1. The van der Waals surface area contributed by atoms with Crippen molar-refractivity contribution in [3.63, 3.8) is 0 Å². The maximum absolute atomic E-state index is 12.2. The van der Waals surface area contributed by atoms with Crippen LogP contribution < -0.4 is 4.72 Å². The quantitative estimate of drug-likeness (QED) is 0.919. The number of sulfonamides is 1. The van der Waals surface area contributed by atoms with Crippen molar-refractivity contribution in [2.75, 3.05) is 0 Å². The van der Waals surface area contributed by atoms with E-state index in [1.807, 2.05) is 68.4 Å². The smallest absolute Gasteiger partial charge is 0.212 e. The molecule has 0 aliphatic heterocycles. The molecule has 3 nitrogen and oxygen atoms in total. The average molecular weight is 289 g/mol. The van der Waals surface area contributed by atoms with Crippen LogP contribution in [-0.2, 0) is 15.8 Å². The Morgan fingerprint density at radius 2 is 1.75 bits per heavy atom. The van der Waals surface area contributed by atoms with E-state index in [0.717, 1.165) is 16.7 Å². The van der Waals surface area contributed by atoms with Crippen LogP contribution in [0.25, 0.3) is 0 Å². The Labute approximate surface area is 120 Å². The van der Waals surface area contributed by atoms with E-state index in [-0.39, 0.29) is 11.8 Å². The molecule has 2 aromatic rings. The zero-order chi connectivity index (χ0) is 14.6. The lowest BCUT2D eigenvalue weighted by atomic mass is 10.1. The molecule has 0 spiro atoms. The number of aryl methyl sites for hydroxylation is 1. The van der Waals surface area contributed by atoms with Gasteiger partial charge in [0, 0.05) is 6.04 Å². The molecular weight excluding hydrogens is 270 g/mol. The molecule has 0 saturated heterocycles. The van der Waals surface area contributed by atoms with Gasteiger partial charge in [-0.1, -0.05) is 60.2 Å². The van der Waals surface area contributed by atoms with E-state index in [1.165, 1.54) is 0 Å². The molecule has 1 N–H and O–H groups in total. The number of nitrogens with one attached hydrogen (secondary N) is 1. The first-order valence-electron chi connectivity index (χ1n) is 6.57. The van der Waals surface area contributed by atoms with Crippen molar-refractivity contribution in [2.24, 2.45) is 0 Å². The van der Waals surface area contributed by atoms with Gasteiger partial charge in [0.2, 0.25) is 10.0 Å². The number of rotatable bonds is 5. The first-order valence-corrected chi connectivity index (χ1v) is 8.22. The standard InChI is InChI=1S/C16H19NO2S/c1-13-7-6-8-15(11-13)12-20(18,19)17-14(2)16-9-4-3-5-10-16/h3-11,14,17H,12H2,1-2H3. The Morgan fingerprint density at radius 3 is 2.40 bits per heavy atom. The third-order valence-corrected chi connectivity index (χ3v) is 4.52. The van der Waals surface area contributed by atoms with Crippen LogP contribution in [0.4, 0.5) is 0 Å². The summed E-state index contributed by atoms with van der Waals surface area (Å²) in [4.78, 5) is 0. The van der Waals surface area contributed by atoms with Crippen molar-refractivity contribution in [3.8, 4) is 0 Å². The summed E-state index contributed by atoms with van der Waals surface area (Å²) in [6.45, 7) is 3.80. The third-order valence-electron chi connectivity index (χ3n) is 3.10. The number of hydrogen-bond acceptors (Lipinski definition) is 2. The van der Waals surface area contributed by atoms with Crippen molar-refractivity contribution in [3.05, 3.63) is 71.3 Å². The predicted molar refractivity (Wildman–Crippen MR) is 81.8 cm³/mol. The molecule has 0 amide bonds. The van der Waals surface area contributed by atoms with Crippen LogP contribution in [0.5, 0.6) is 0 Å². The van der Waals surface area contributed by atoms with E-state index in [1.54, 1.807) is 0 Å². The highest BCUT2D eigenvalue weighted by Gasteiger charge is 2.16. The maximum Gasteiger partial charge on any atom is 0.216 e. The van der Waals surface area contributed by atoms with E-state index in [0.29, 0.717) is 0 Å². The Balaban J connectivity index is 2.08. The minimum Gasteiger partial charge on any atom is -0.212 e. The summed E-state index contributed by atoms with van der Waals surface area (Å²) in [5, 5.41) is 0. The second-order valence-electron chi connectivity index (χ2n) is 5.00. The molecule has 0 aliphatic rings. The minimum absolute atomic E-state index is 0.00581. The highest BCUT2D eigenvalue weighted by atomic mass is 32.2. The van der Waals surface area contributed by atoms with Crippen LogP contribution in [0.15, 0.2) is 54.6 Å². The van der Waals surface area contributed by atoms with Gasteiger partial charge in [0.05, 0.1) is 5.75 Å². The van der Waals surface area contributed by atoms with E-state index >= 15 is 0 Å². The predicted octanol–water partition coefficient (Wildman–Crippen LogP) is 3.18. The molecular formula is C16H19NO2S. The summed E-state index contributed by atoms with van der Waals surface area (Å²) in [6, 6.07) is 16.9. The molecule has 0 radical (unpaired) electrons. The van der Waals surface area contributed by atoms with Gasteiger partial charge in [0.25, 0.3) is 0 Å². The molecule has 2 rings (SSSR count). The van der Waals surface area contributed by atoms with Crippen LogP contribution in [0.3, 0.4) is 0 Å². The topological polar surface area (TPSA) is 46.2 Å². The molecule has 106 valence electrons. The molecule has 0 fully saturated rings. The van der Waals surface area contributed by atoms with Crippen LogP contribution >= 0.6 is 0 Å². The molecule has 0 aliphatic carbocycles. The molecule has 0 bridgehead atoms. The van der Waals surface area contributed by atoms with Crippen molar-refractivity contribution in [1.29, 1.82) is 0 Å². The summed E-state index contributed by atoms with van der Waals surface area (Å²) in [5.74, 6) is 0.00581. The van der Waals surface area contributed by atoms with E-state index in [9.17, 15) is 8.42 Å². The Hall–Kier alpha value is -1.65. The zero-order valence-corrected chi connectivity index (χ0v) is 12.5. The van der Waals surface area contributed by atoms with E-state index < -0.39 is 10.0 Å². The Bertz CT molecular complexity index is 666. The molecule has 2 aromatic carbocycles. The second-order valence-corrected chi connectivity index (χ2v) is 6.75. The fraction of sp³-hybridized carbons (Fsp3) is 0.250. The van der Waals surface area contributed by atoms with Gasteiger partial charge in [0.15, 0.2) is 0 Å². The van der Waals surface area contributed by atoms with E-state index in [2.05, 4.69) is 4.72 Å². The average Bonchev–Trinajstić information content (AvgIpc) is 2.38. The molecule has 1 unspecified atom stereocenters. The third kappa shape index (κ3) is 4.18. The molecule has 0 saturated carbocycles. The number of benzene rings is 2. The van der Waals surface area contributed by atoms with Gasteiger partial charge in [-0.15, -0.1) is 0 Å². The molecule has 1 atom stereocenters. The lowest BCUT2D eigenvalue weighted by Crippen LogP contribution is -2.28. The lowest BCUT2D eigenvalue weighted by Gasteiger charge is -2.14. The van der Waals surface area contributed by atoms with Crippen molar-refractivity contribution in [2.45, 2.75) is 25.6 Å². The van der Waals surface area contributed by atoms with Gasteiger partial charge < -0.3 is 0 Å². The monoisotopic (exact) mass is 289 g/mol. The van der Waals surface area contributed by atoms with Gasteiger partial charge in [-0.25, -0.2) is 13.1 Å². The summed E-state index contributed by atoms with van der Waals surface area (Å²) in [6.07, 6.45) is 0. The van der Waals surface area contributed by atoms with E-state index in [4.69, 9.17) is 0 Å². The molecule has 0 heterocycles. The minimum atomic E-state index is -3.35. The first kappa shape index (κ1) is 14.8. The second kappa shape index (κ2) is 6.20. The SMILES string of the molecule is Cc1cccc(CS(=O)(=O)NC(C)c2ccccc2)c1. The molecule has 4 heteroatoms. The Morgan fingerprint density at radius 1 is 1.05 bits per heavy atom. The van der Waals surface area contributed by atoms with Gasteiger partial charge in [-0.2, -0.15) is 0 Å². The van der Waals surface area contributed by atoms with Crippen LogP contribution in [-0.4, -0.2) is 8.42 Å². The summed E-state index contributed by atoms with van der Waals surface area (Å²) in [5.41, 5.74) is 2.83. The zero-order valence-electron chi connectivity index (χ0n) is 11.7. The van der Waals surface area contributed by atoms with Crippen molar-refractivity contribution < 1.29 is 8.42 Å². The highest BCUT2D eigenvalue weighted by Crippen LogP contribution is 2.15. The fourth-order valence-corrected chi connectivity index (χ4v) is 3.52. The van der Waals surface area contributed by atoms with Gasteiger partial charge >= 0.3 is 0 Å². The van der Waals surface area contributed by atoms with Crippen LogP contribution in [0, 0.1) is 6.92 Å². The highest BCUT2D eigenvalue weighted by molar-refractivity contribution is 7.88.